The Kier molecular flexibility index (Phi) is 7.45. The van der Waals surface area contributed by atoms with Crippen molar-refractivity contribution in [3.05, 3.63) is 78.4 Å². The van der Waals surface area contributed by atoms with Crippen LogP contribution in [0.1, 0.15) is 11.1 Å². The van der Waals surface area contributed by atoms with Gasteiger partial charge < -0.3 is 9.84 Å². The largest absolute Gasteiger partial charge is 0.491 e. The standard InChI is InChI=1S/C23H30N2O2/c1-2-8-21-11-6-7-12-23(21)27-19-22(26)18-25-15-13-24(14-16-25)17-20-9-4-3-5-10-20/h2-7,9-12,22,26H,1,8,13-19H2/t22-/m1/s1. The molecule has 0 aromatic heterocycles. The summed E-state index contributed by atoms with van der Waals surface area (Å²) in [5.41, 5.74) is 2.46. The molecule has 1 N–H and O–H groups in total. The summed E-state index contributed by atoms with van der Waals surface area (Å²) in [6.07, 6.45) is 2.16. The highest BCUT2D eigenvalue weighted by Crippen LogP contribution is 2.19. The number of aliphatic hydroxyl groups is 1. The zero-order chi connectivity index (χ0) is 18.9. The second-order valence-electron chi connectivity index (χ2n) is 7.13. The molecule has 144 valence electrons. The maximum Gasteiger partial charge on any atom is 0.122 e. The lowest BCUT2D eigenvalue weighted by molar-refractivity contribution is 0.0444. The van der Waals surface area contributed by atoms with E-state index in [0.717, 1.165) is 50.5 Å². The van der Waals surface area contributed by atoms with Crippen molar-refractivity contribution in [2.45, 2.75) is 19.1 Å². The highest BCUT2D eigenvalue weighted by Gasteiger charge is 2.19. The van der Waals surface area contributed by atoms with E-state index in [-0.39, 0.29) is 0 Å². The Bertz CT molecular complexity index is 697. The number of hydrogen-bond donors (Lipinski definition) is 1. The molecule has 0 saturated carbocycles. The molecular weight excluding hydrogens is 336 g/mol. The fourth-order valence-electron chi connectivity index (χ4n) is 3.48. The van der Waals surface area contributed by atoms with E-state index in [2.05, 4.69) is 46.7 Å². The number of nitrogens with zero attached hydrogens (tertiary/aromatic N) is 2. The summed E-state index contributed by atoms with van der Waals surface area (Å²) >= 11 is 0. The quantitative estimate of drug-likeness (QED) is 0.692. The maximum atomic E-state index is 10.4. The molecule has 2 aromatic rings. The van der Waals surface area contributed by atoms with Gasteiger partial charge in [0.15, 0.2) is 0 Å². The highest BCUT2D eigenvalue weighted by molar-refractivity contribution is 5.34. The van der Waals surface area contributed by atoms with Crippen molar-refractivity contribution in [3.8, 4) is 5.75 Å². The Morgan fingerprint density at radius 2 is 1.63 bits per heavy atom. The fraction of sp³-hybridized carbons (Fsp3) is 0.391. The summed E-state index contributed by atoms with van der Waals surface area (Å²) in [6.45, 7) is 9.79. The van der Waals surface area contributed by atoms with E-state index in [0.29, 0.717) is 13.2 Å². The van der Waals surface area contributed by atoms with Crippen LogP contribution in [0.4, 0.5) is 0 Å². The van der Waals surface area contributed by atoms with Gasteiger partial charge in [-0.15, -0.1) is 6.58 Å². The molecule has 2 aromatic carbocycles. The normalized spacial score (nSPS) is 16.8. The van der Waals surface area contributed by atoms with Gasteiger partial charge in [0.2, 0.25) is 0 Å². The first kappa shape index (κ1) is 19.6. The Morgan fingerprint density at radius 1 is 0.963 bits per heavy atom. The van der Waals surface area contributed by atoms with E-state index in [1.54, 1.807) is 0 Å². The summed E-state index contributed by atoms with van der Waals surface area (Å²) in [5.74, 6) is 0.837. The van der Waals surface area contributed by atoms with E-state index in [1.807, 2.05) is 30.3 Å². The zero-order valence-electron chi connectivity index (χ0n) is 16.0. The van der Waals surface area contributed by atoms with Gasteiger partial charge in [-0.3, -0.25) is 9.80 Å². The molecule has 3 rings (SSSR count). The van der Waals surface area contributed by atoms with Crippen LogP contribution in [0.2, 0.25) is 0 Å². The second-order valence-corrected chi connectivity index (χ2v) is 7.13. The maximum absolute atomic E-state index is 10.4. The van der Waals surface area contributed by atoms with Crippen molar-refractivity contribution < 1.29 is 9.84 Å². The van der Waals surface area contributed by atoms with E-state index in [9.17, 15) is 5.11 Å². The molecule has 1 saturated heterocycles. The minimum Gasteiger partial charge on any atom is -0.491 e. The molecule has 0 unspecified atom stereocenters. The predicted molar refractivity (Wildman–Crippen MR) is 110 cm³/mol. The van der Waals surface area contributed by atoms with Crippen LogP contribution in [0.5, 0.6) is 5.75 Å². The van der Waals surface area contributed by atoms with Gasteiger partial charge in [0.05, 0.1) is 0 Å². The van der Waals surface area contributed by atoms with Crippen molar-refractivity contribution in [2.75, 3.05) is 39.3 Å². The molecule has 4 heteroatoms. The fourth-order valence-corrected chi connectivity index (χ4v) is 3.48. The van der Waals surface area contributed by atoms with Gasteiger partial charge in [-0.2, -0.15) is 0 Å². The van der Waals surface area contributed by atoms with Gasteiger partial charge in [-0.05, 0) is 23.6 Å². The zero-order valence-corrected chi connectivity index (χ0v) is 16.0. The van der Waals surface area contributed by atoms with Gasteiger partial charge in [0, 0.05) is 39.3 Å². The average molecular weight is 367 g/mol. The molecule has 1 heterocycles. The number of allylic oxidation sites excluding steroid dienone is 1. The van der Waals surface area contributed by atoms with Crippen molar-refractivity contribution in [1.29, 1.82) is 0 Å². The molecule has 0 bridgehead atoms. The number of ether oxygens (including phenoxy) is 1. The molecule has 1 atom stereocenters. The second kappa shape index (κ2) is 10.3. The molecule has 1 fully saturated rings. The average Bonchev–Trinajstić information content (AvgIpc) is 2.70. The molecule has 27 heavy (non-hydrogen) atoms. The minimum atomic E-state index is -0.484. The van der Waals surface area contributed by atoms with Gasteiger partial charge in [0.25, 0.3) is 0 Å². The molecular formula is C23H30N2O2. The number of para-hydroxylation sites is 1. The lowest BCUT2D eigenvalue weighted by Gasteiger charge is -2.35. The molecule has 0 amide bonds. The topological polar surface area (TPSA) is 35.9 Å². The Morgan fingerprint density at radius 3 is 2.37 bits per heavy atom. The lowest BCUT2D eigenvalue weighted by Crippen LogP contribution is -2.48. The van der Waals surface area contributed by atoms with Gasteiger partial charge in [-0.25, -0.2) is 0 Å². The number of aliphatic hydroxyl groups excluding tert-OH is 1. The van der Waals surface area contributed by atoms with E-state index in [1.165, 1.54) is 5.56 Å². The van der Waals surface area contributed by atoms with Crippen LogP contribution in [0.3, 0.4) is 0 Å². The van der Waals surface area contributed by atoms with Crippen LogP contribution in [-0.4, -0.2) is 60.3 Å². The Balaban J connectivity index is 1.39. The first-order valence-corrected chi connectivity index (χ1v) is 9.73. The molecule has 0 spiro atoms. The smallest absolute Gasteiger partial charge is 0.122 e. The number of β-amino-alcohol motifs (C(OH)–C–C–N with tert-alkyl or cyclic N) is 1. The molecule has 0 radical (unpaired) electrons. The van der Waals surface area contributed by atoms with E-state index >= 15 is 0 Å². The van der Waals surface area contributed by atoms with Gasteiger partial charge >= 0.3 is 0 Å². The van der Waals surface area contributed by atoms with Crippen LogP contribution in [-0.2, 0) is 13.0 Å². The van der Waals surface area contributed by atoms with Crippen molar-refractivity contribution >= 4 is 0 Å². The third kappa shape index (κ3) is 6.21. The number of benzene rings is 2. The molecule has 4 nitrogen and oxygen atoms in total. The van der Waals surface area contributed by atoms with E-state index < -0.39 is 6.10 Å². The van der Waals surface area contributed by atoms with Crippen LogP contribution in [0.25, 0.3) is 0 Å². The predicted octanol–water partition coefficient (Wildman–Crippen LogP) is 2.97. The van der Waals surface area contributed by atoms with Crippen LogP contribution in [0.15, 0.2) is 67.3 Å². The number of hydrogen-bond acceptors (Lipinski definition) is 4. The summed E-state index contributed by atoms with van der Waals surface area (Å²) in [4.78, 5) is 4.80. The van der Waals surface area contributed by atoms with Crippen molar-refractivity contribution in [1.82, 2.24) is 9.80 Å². The van der Waals surface area contributed by atoms with Gasteiger partial charge in [0.1, 0.15) is 18.5 Å². The van der Waals surface area contributed by atoms with Gasteiger partial charge in [-0.1, -0.05) is 54.6 Å². The molecule has 1 aliphatic rings. The molecule has 1 aliphatic heterocycles. The van der Waals surface area contributed by atoms with Crippen LogP contribution >= 0.6 is 0 Å². The number of rotatable bonds is 9. The summed E-state index contributed by atoms with van der Waals surface area (Å²) in [5, 5.41) is 10.4. The summed E-state index contributed by atoms with van der Waals surface area (Å²) in [6, 6.07) is 18.5. The monoisotopic (exact) mass is 366 g/mol. The number of piperazine rings is 1. The van der Waals surface area contributed by atoms with E-state index in [4.69, 9.17) is 4.74 Å². The third-order valence-corrected chi connectivity index (χ3v) is 4.95. The summed E-state index contributed by atoms with van der Waals surface area (Å²) < 4.78 is 5.86. The Hall–Kier alpha value is -2.14. The van der Waals surface area contributed by atoms with Crippen LogP contribution in [0, 0.1) is 0 Å². The first-order chi connectivity index (χ1) is 13.2. The highest BCUT2D eigenvalue weighted by atomic mass is 16.5. The minimum absolute atomic E-state index is 0.318. The lowest BCUT2D eigenvalue weighted by atomic mass is 10.1. The van der Waals surface area contributed by atoms with Crippen LogP contribution < -0.4 is 4.74 Å². The Labute approximate surface area is 162 Å². The van der Waals surface area contributed by atoms with Crippen molar-refractivity contribution in [3.63, 3.8) is 0 Å². The third-order valence-electron chi connectivity index (χ3n) is 4.95. The summed E-state index contributed by atoms with van der Waals surface area (Å²) in [7, 11) is 0. The SMILES string of the molecule is C=CCc1ccccc1OC[C@H](O)CN1CCN(Cc2ccccc2)CC1. The van der Waals surface area contributed by atoms with Crippen molar-refractivity contribution in [2.24, 2.45) is 0 Å². The molecule has 0 aliphatic carbocycles. The first-order valence-electron chi connectivity index (χ1n) is 9.73.